The lowest BCUT2D eigenvalue weighted by Gasteiger charge is -2.29. The first kappa shape index (κ1) is 21.6. The second-order valence-electron chi connectivity index (χ2n) is 8.22. The molecule has 32 heavy (non-hydrogen) atoms. The Kier molecular flexibility index (Phi) is 6.84. The van der Waals surface area contributed by atoms with E-state index in [1.807, 2.05) is 77.7 Å². The highest BCUT2D eigenvalue weighted by Gasteiger charge is 2.42. The highest BCUT2D eigenvalue weighted by atomic mass is 16.2. The molecule has 3 N–H and O–H groups in total. The number of carbonyl (C=O) groups excluding carboxylic acids is 2. The van der Waals surface area contributed by atoms with E-state index in [0.717, 1.165) is 29.7 Å². The summed E-state index contributed by atoms with van der Waals surface area (Å²) in [6.07, 6.45) is 7.64. The molecule has 1 aliphatic rings. The number of rotatable bonds is 8. The van der Waals surface area contributed by atoms with Gasteiger partial charge >= 0.3 is 6.03 Å². The van der Waals surface area contributed by atoms with Crippen molar-refractivity contribution in [2.24, 2.45) is 0 Å². The summed E-state index contributed by atoms with van der Waals surface area (Å²) in [5.74, 6) is -0.111. The summed E-state index contributed by atoms with van der Waals surface area (Å²) in [6.45, 7) is 0.921. The first-order valence-electron chi connectivity index (χ1n) is 11.1. The fourth-order valence-corrected chi connectivity index (χ4v) is 4.13. The first-order valence-corrected chi connectivity index (χ1v) is 11.1. The minimum Gasteiger partial charge on any atom is -0.354 e. The molecule has 0 saturated heterocycles. The summed E-state index contributed by atoms with van der Waals surface area (Å²) >= 11 is 0. The molecular weight excluding hydrogens is 402 g/mol. The van der Waals surface area contributed by atoms with Gasteiger partial charge in [-0.2, -0.15) is 5.10 Å². The van der Waals surface area contributed by atoms with Gasteiger partial charge in [0.05, 0.1) is 11.9 Å². The average Bonchev–Trinajstić information content (AvgIpc) is 3.50. The van der Waals surface area contributed by atoms with Crippen LogP contribution in [0.2, 0.25) is 0 Å². The van der Waals surface area contributed by atoms with E-state index in [0.29, 0.717) is 32.4 Å². The van der Waals surface area contributed by atoms with E-state index < -0.39 is 5.54 Å². The van der Waals surface area contributed by atoms with Crippen LogP contribution in [0.5, 0.6) is 0 Å². The molecule has 0 atom stereocenters. The van der Waals surface area contributed by atoms with Crippen LogP contribution in [0.4, 0.5) is 4.79 Å². The predicted octanol–water partition coefficient (Wildman–Crippen LogP) is 3.34. The summed E-state index contributed by atoms with van der Waals surface area (Å²) in [7, 11) is 0. The van der Waals surface area contributed by atoms with Gasteiger partial charge in [0.25, 0.3) is 0 Å². The van der Waals surface area contributed by atoms with Crippen molar-refractivity contribution in [3.05, 3.63) is 84.2 Å². The molecule has 0 bridgehead atoms. The van der Waals surface area contributed by atoms with Gasteiger partial charge in [-0.15, -0.1) is 0 Å². The number of hydrogen-bond acceptors (Lipinski definition) is 3. The number of amides is 3. The molecule has 1 aromatic heterocycles. The lowest BCUT2D eigenvalue weighted by atomic mass is 9.96. The van der Waals surface area contributed by atoms with Crippen LogP contribution in [0.1, 0.15) is 36.8 Å². The van der Waals surface area contributed by atoms with Crippen molar-refractivity contribution in [3.8, 4) is 5.69 Å². The second-order valence-corrected chi connectivity index (χ2v) is 8.22. The number of nitrogens with one attached hydrogen (secondary N) is 3. The second kappa shape index (κ2) is 10.1. The Morgan fingerprint density at radius 1 is 0.906 bits per heavy atom. The van der Waals surface area contributed by atoms with Crippen LogP contribution in [0.3, 0.4) is 0 Å². The van der Waals surface area contributed by atoms with Crippen LogP contribution in [-0.4, -0.2) is 33.8 Å². The number of carbonyl (C=O) groups is 2. The minimum atomic E-state index is -0.838. The third-order valence-electron chi connectivity index (χ3n) is 5.90. The van der Waals surface area contributed by atoms with Crippen LogP contribution < -0.4 is 16.0 Å². The molecule has 0 radical (unpaired) electrons. The van der Waals surface area contributed by atoms with E-state index in [2.05, 4.69) is 21.0 Å². The fourth-order valence-electron chi connectivity index (χ4n) is 4.13. The lowest BCUT2D eigenvalue weighted by Crippen LogP contribution is -2.59. The first-order chi connectivity index (χ1) is 15.6. The Morgan fingerprint density at radius 3 is 2.31 bits per heavy atom. The standard InChI is InChI=1S/C25H29N5O2/c31-23(26-16-13-21-18-28-30(19-21)22-11-5-2-6-12-22)25(14-7-8-15-25)29-24(32)27-17-20-9-3-1-4-10-20/h1-6,9-12,18-19H,7-8,13-17H2,(H,26,31)(H2,27,29,32). The molecule has 1 saturated carbocycles. The number of para-hydroxylation sites is 1. The van der Waals surface area contributed by atoms with E-state index in [1.54, 1.807) is 0 Å². The molecule has 0 aliphatic heterocycles. The summed E-state index contributed by atoms with van der Waals surface area (Å²) in [5.41, 5.74) is 2.22. The fraction of sp³-hybridized carbons (Fsp3) is 0.320. The largest absolute Gasteiger partial charge is 0.354 e. The monoisotopic (exact) mass is 431 g/mol. The van der Waals surface area contributed by atoms with Gasteiger partial charge in [-0.05, 0) is 42.5 Å². The molecule has 2 aromatic carbocycles. The third-order valence-corrected chi connectivity index (χ3v) is 5.90. The van der Waals surface area contributed by atoms with Crippen molar-refractivity contribution in [1.29, 1.82) is 0 Å². The molecule has 1 heterocycles. The number of urea groups is 1. The maximum absolute atomic E-state index is 13.0. The third kappa shape index (κ3) is 5.35. The van der Waals surface area contributed by atoms with E-state index >= 15 is 0 Å². The maximum Gasteiger partial charge on any atom is 0.315 e. The van der Waals surface area contributed by atoms with E-state index in [4.69, 9.17) is 0 Å². The van der Waals surface area contributed by atoms with Gasteiger partial charge in [0, 0.05) is 19.3 Å². The van der Waals surface area contributed by atoms with Gasteiger partial charge in [0.15, 0.2) is 0 Å². The smallest absolute Gasteiger partial charge is 0.315 e. The quantitative estimate of drug-likeness (QED) is 0.511. The Bertz CT molecular complexity index is 1030. The average molecular weight is 432 g/mol. The van der Waals surface area contributed by atoms with Gasteiger partial charge < -0.3 is 16.0 Å². The molecular formula is C25H29N5O2. The van der Waals surface area contributed by atoms with Crippen molar-refractivity contribution in [1.82, 2.24) is 25.7 Å². The number of nitrogens with zero attached hydrogens (tertiary/aromatic N) is 2. The highest BCUT2D eigenvalue weighted by molar-refractivity contribution is 5.91. The molecule has 166 valence electrons. The van der Waals surface area contributed by atoms with Gasteiger partial charge in [0.1, 0.15) is 5.54 Å². The van der Waals surface area contributed by atoms with Crippen LogP contribution >= 0.6 is 0 Å². The van der Waals surface area contributed by atoms with E-state index in [1.165, 1.54) is 0 Å². The van der Waals surface area contributed by atoms with Crippen molar-refractivity contribution >= 4 is 11.9 Å². The molecule has 7 nitrogen and oxygen atoms in total. The molecule has 3 aromatic rings. The van der Waals surface area contributed by atoms with Crippen LogP contribution in [0, 0.1) is 0 Å². The normalized spacial score (nSPS) is 14.6. The Morgan fingerprint density at radius 2 is 1.59 bits per heavy atom. The summed E-state index contributed by atoms with van der Waals surface area (Å²) in [4.78, 5) is 25.5. The highest BCUT2D eigenvalue weighted by Crippen LogP contribution is 2.30. The maximum atomic E-state index is 13.0. The number of hydrogen-bond donors (Lipinski definition) is 3. The van der Waals surface area contributed by atoms with Crippen molar-refractivity contribution in [2.45, 2.75) is 44.2 Å². The Hall–Kier alpha value is -3.61. The molecule has 7 heteroatoms. The van der Waals surface area contributed by atoms with Crippen molar-refractivity contribution < 1.29 is 9.59 Å². The SMILES string of the molecule is O=C(NCc1ccccc1)NC1(C(=O)NCCc2cnn(-c3ccccc3)c2)CCCC1. The molecule has 0 spiro atoms. The zero-order chi connectivity index (χ0) is 22.2. The van der Waals surface area contributed by atoms with E-state index in [-0.39, 0.29) is 11.9 Å². The summed E-state index contributed by atoms with van der Waals surface area (Å²) < 4.78 is 1.83. The van der Waals surface area contributed by atoms with Crippen LogP contribution in [-0.2, 0) is 17.8 Å². The van der Waals surface area contributed by atoms with E-state index in [9.17, 15) is 9.59 Å². The summed E-state index contributed by atoms with van der Waals surface area (Å²) in [5, 5.41) is 13.2. The molecule has 1 fully saturated rings. The number of aromatic nitrogens is 2. The van der Waals surface area contributed by atoms with Crippen LogP contribution in [0.25, 0.3) is 5.69 Å². The molecule has 0 unspecified atom stereocenters. The summed E-state index contributed by atoms with van der Waals surface area (Å²) in [6, 6.07) is 19.3. The lowest BCUT2D eigenvalue weighted by molar-refractivity contribution is -0.127. The zero-order valence-electron chi connectivity index (χ0n) is 18.1. The number of benzene rings is 2. The predicted molar refractivity (Wildman–Crippen MR) is 123 cm³/mol. The molecule has 1 aliphatic carbocycles. The van der Waals surface area contributed by atoms with Crippen molar-refractivity contribution in [2.75, 3.05) is 6.54 Å². The van der Waals surface area contributed by atoms with Gasteiger partial charge in [-0.1, -0.05) is 61.4 Å². The van der Waals surface area contributed by atoms with Gasteiger partial charge in [0.2, 0.25) is 5.91 Å². The van der Waals surface area contributed by atoms with Gasteiger partial charge in [-0.3, -0.25) is 4.79 Å². The minimum absolute atomic E-state index is 0.111. The Balaban J connectivity index is 1.28. The van der Waals surface area contributed by atoms with Crippen LogP contribution in [0.15, 0.2) is 73.1 Å². The Labute approximate surface area is 188 Å². The topological polar surface area (TPSA) is 88.1 Å². The van der Waals surface area contributed by atoms with Crippen molar-refractivity contribution in [3.63, 3.8) is 0 Å². The zero-order valence-corrected chi connectivity index (χ0v) is 18.1. The molecule has 4 rings (SSSR count). The van der Waals surface area contributed by atoms with Gasteiger partial charge in [-0.25, -0.2) is 9.48 Å². The molecule has 3 amide bonds.